The maximum atomic E-state index is 10.8. The van der Waals surface area contributed by atoms with Gasteiger partial charge in [0.25, 0.3) is 0 Å². The van der Waals surface area contributed by atoms with Crippen LogP contribution in [0.25, 0.3) is 0 Å². The fourth-order valence-corrected chi connectivity index (χ4v) is 1.75. The second-order valence-electron chi connectivity index (χ2n) is 2.74. The minimum atomic E-state index is -2.08. The van der Waals surface area contributed by atoms with Crippen LogP contribution in [0, 0.1) is 5.92 Å². The molecule has 0 fully saturated rings. The first-order valence-corrected chi connectivity index (χ1v) is 4.42. The summed E-state index contributed by atoms with van der Waals surface area (Å²) in [7, 11) is 1.15. The van der Waals surface area contributed by atoms with Crippen LogP contribution >= 0.6 is 23.2 Å². The molecule has 0 aromatic carbocycles. The van der Waals surface area contributed by atoms with Gasteiger partial charge in [-0.2, -0.15) is 0 Å². The van der Waals surface area contributed by atoms with Crippen molar-refractivity contribution in [3.05, 3.63) is 22.2 Å². The molecule has 0 radical (unpaired) electrons. The van der Waals surface area contributed by atoms with Crippen molar-refractivity contribution < 1.29 is 19.7 Å². The number of rotatable bonds is 2. The molecule has 0 spiro atoms. The van der Waals surface area contributed by atoms with E-state index in [0.29, 0.717) is 0 Å². The quantitative estimate of drug-likeness (QED) is 0.712. The number of ether oxygens (including phenoxy) is 1. The fourth-order valence-electron chi connectivity index (χ4n) is 1.19. The monoisotopic (exact) mass is 238 g/mol. The first-order valence-electron chi connectivity index (χ1n) is 3.67. The highest BCUT2D eigenvalue weighted by molar-refractivity contribution is 6.34. The van der Waals surface area contributed by atoms with Crippen LogP contribution in [0.5, 0.6) is 0 Å². The first kappa shape index (κ1) is 11.5. The van der Waals surface area contributed by atoms with Crippen LogP contribution in [0.2, 0.25) is 0 Å². The lowest BCUT2D eigenvalue weighted by molar-refractivity contribution is -0.192. The van der Waals surface area contributed by atoms with Crippen LogP contribution in [0.3, 0.4) is 0 Å². The molecule has 2 atom stereocenters. The largest absolute Gasteiger partial charge is 0.481 e. The molecule has 6 heteroatoms. The number of carbonyl (C=O) groups is 1. The van der Waals surface area contributed by atoms with Crippen LogP contribution < -0.4 is 0 Å². The van der Waals surface area contributed by atoms with Gasteiger partial charge in [0.2, 0.25) is 5.79 Å². The van der Waals surface area contributed by atoms with Crippen molar-refractivity contribution in [2.45, 2.75) is 5.79 Å². The number of aliphatic carboxylic acids is 1. The summed E-state index contributed by atoms with van der Waals surface area (Å²) in [4.78, 5) is 10.8. The van der Waals surface area contributed by atoms with Gasteiger partial charge in [-0.15, -0.1) is 0 Å². The van der Waals surface area contributed by atoms with Gasteiger partial charge in [0.05, 0.1) is 5.03 Å². The lowest BCUT2D eigenvalue weighted by Crippen LogP contribution is -2.46. The Morgan fingerprint density at radius 1 is 1.57 bits per heavy atom. The number of methoxy groups -OCH3 is 1. The molecule has 0 amide bonds. The molecule has 0 saturated carbocycles. The molecule has 0 saturated heterocycles. The number of aliphatic hydroxyl groups is 1. The molecule has 1 aliphatic carbocycles. The van der Waals surface area contributed by atoms with Crippen LogP contribution in [0.1, 0.15) is 0 Å². The second-order valence-corrected chi connectivity index (χ2v) is 3.58. The fraction of sp³-hybridized carbons (Fsp3) is 0.375. The summed E-state index contributed by atoms with van der Waals surface area (Å²) in [6.07, 6.45) is 2.61. The van der Waals surface area contributed by atoms with Crippen molar-refractivity contribution in [3.63, 3.8) is 0 Å². The number of carboxylic acid groups (broad SMARTS) is 1. The van der Waals surface area contributed by atoms with Gasteiger partial charge in [0.15, 0.2) is 5.92 Å². The van der Waals surface area contributed by atoms with E-state index >= 15 is 0 Å². The molecule has 2 unspecified atom stereocenters. The Morgan fingerprint density at radius 2 is 2.14 bits per heavy atom. The van der Waals surface area contributed by atoms with Crippen molar-refractivity contribution in [2.75, 3.05) is 7.11 Å². The highest BCUT2D eigenvalue weighted by Gasteiger charge is 2.48. The van der Waals surface area contributed by atoms with Crippen molar-refractivity contribution >= 4 is 29.2 Å². The van der Waals surface area contributed by atoms with E-state index in [1.807, 2.05) is 0 Å². The summed E-state index contributed by atoms with van der Waals surface area (Å²) in [6.45, 7) is 0. The molecule has 0 aromatic rings. The Morgan fingerprint density at radius 3 is 2.50 bits per heavy atom. The number of allylic oxidation sites excluding steroid dienone is 2. The van der Waals surface area contributed by atoms with Gasteiger partial charge in [0, 0.05) is 12.1 Å². The summed E-state index contributed by atoms with van der Waals surface area (Å²) in [5.74, 6) is -4.78. The van der Waals surface area contributed by atoms with E-state index in [9.17, 15) is 9.90 Å². The summed E-state index contributed by atoms with van der Waals surface area (Å²) in [5.41, 5.74) is 0. The lowest BCUT2D eigenvalue weighted by Gasteiger charge is -2.33. The number of hydrogen-bond donors (Lipinski definition) is 2. The van der Waals surface area contributed by atoms with Gasteiger partial charge in [-0.1, -0.05) is 23.2 Å². The van der Waals surface area contributed by atoms with Gasteiger partial charge in [-0.25, -0.2) is 0 Å². The third-order valence-corrected chi connectivity index (χ3v) is 2.70. The third kappa shape index (κ3) is 1.66. The highest BCUT2D eigenvalue weighted by atomic mass is 35.5. The lowest BCUT2D eigenvalue weighted by atomic mass is 9.93. The van der Waals surface area contributed by atoms with E-state index in [1.165, 1.54) is 12.2 Å². The summed E-state index contributed by atoms with van der Waals surface area (Å²) in [6, 6.07) is 0. The van der Waals surface area contributed by atoms with Crippen LogP contribution in [-0.2, 0) is 9.53 Å². The Hall–Kier alpha value is -0.550. The van der Waals surface area contributed by atoms with Crippen molar-refractivity contribution in [1.82, 2.24) is 0 Å². The molecular formula is C8H8Cl2O4. The smallest absolute Gasteiger partial charge is 0.317 e. The topological polar surface area (TPSA) is 66.8 Å². The Balaban J connectivity index is 3.20. The van der Waals surface area contributed by atoms with Gasteiger partial charge < -0.3 is 14.9 Å². The van der Waals surface area contributed by atoms with Gasteiger partial charge >= 0.3 is 5.97 Å². The van der Waals surface area contributed by atoms with Crippen LogP contribution in [-0.4, -0.2) is 29.1 Å². The van der Waals surface area contributed by atoms with Crippen molar-refractivity contribution in [2.24, 2.45) is 5.92 Å². The molecular weight excluding hydrogens is 231 g/mol. The third-order valence-electron chi connectivity index (χ3n) is 1.96. The molecule has 4 nitrogen and oxygen atoms in total. The zero-order valence-corrected chi connectivity index (χ0v) is 8.71. The Kier molecular flexibility index (Phi) is 3.21. The molecule has 0 heterocycles. The standard InChI is InChI=1S/C8H8Cl2O4/c1-14-8(13)5(10)3-2-4(9)6(8)7(11)12/h2-3,6,13H,1H3,(H,11,12). The molecule has 1 aliphatic rings. The minimum Gasteiger partial charge on any atom is -0.481 e. The molecule has 1 rings (SSSR count). The van der Waals surface area contributed by atoms with E-state index in [4.69, 9.17) is 28.3 Å². The molecule has 0 aromatic heterocycles. The summed E-state index contributed by atoms with van der Waals surface area (Å²) < 4.78 is 4.68. The Labute approximate surface area is 90.4 Å². The van der Waals surface area contributed by atoms with Crippen LogP contribution in [0.15, 0.2) is 22.2 Å². The normalized spacial score (nSPS) is 32.1. The SMILES string of the molecule is COC1(O)C(Cl)=CC=C(Cl)C1C(=O)O. The van der Waals surface area contributed by atoms with E-state index in [1.54, 1.807) is 0 Å². The van der Waals surface area contributed by atoms with Gasteiger partial charge in [-0.05, 0) is 12.2 Å². The maximum Gasteiger partial charge on any atom is 0.317 e. The van der Waals surface area contributed by atoms with Crippen LogP contribution in [0.4, 0.5) is 0 Å². The predicted molar refractivity (Wildman–Crippen MR) is 51.0 cm³/mol. The average molecular weight is 239 g/mol. The van der Waals surface area contributed by atoms with Gasteiger partial charge in [-0.3, -0.25) is 4.79 Å². The van der Waals surface area contributed by atoms with Gasteiger partial charge in [0.1, 0.15) is 0 Å². The second kappa shape index (κ2) is 3.90. The van der Waals surface area contributed by atoms with E-state index in [2.05, 4.69) is 4.74 Å². The zero-order chi connectivity index (χ0) is 10.9. The first-order chi connectivity index (χ1) is 6.43. The molecule has 0 bridgehead atoms. The number of halogens is 2. The molecule has 14 heavy (non-hydrogen) atoms. The molecule has 2 N–H and O–H groups in total. The zero-order valence-electron chi connectivity index (χ0n) is 7.20. The molecule has 78 valence electrons. The minimum absolute atomic E-state index is 0.0359. The Bertz CT molecular complexity index is 323. The van der Waals surface area contributed by atoms with Crippen molar-refractivity contribution in [1.29, 1.82) is 0 Å². The van der Waals surface area contributed by atoms with E-state index in [0.717, 1.165) is 7.11 Å². The average Bonchev–Trinajstić information content (AvgIpc) is 2.11. The molecule has 0 aliphatic heterocycles. The number of carboxylic acids is 1. The summed E-state index contributed by atoms with van der Waals surface area (Å²) in [5, 5.41) is 18.5. The summed E-state index contributed by atoms with van der Waals surface area (Å²) >= 11 is 11.3. The predicted octanol–water partition coefficient (Wildman–Crippen LogP) is 1.28. The maximum absolute atomic E-state index is 10.8. The van der Waals surface area contributed by atoms with E-state index < -0.39 is 17.7 Å². The number of hydrogen-bond acceptors (Lipinski definition) is 3. The van der Waals surface area contributed by atoms with Crippen molar-refractivity contribution in [3.8, 4) is 0 Å². The van der Waals surface area contributed by atoms with E-state index in [-0.39, 0.29) is 10.1 Å². The highest BCUT2D eigenvalue weighted by Crippen LogP contribution is 2.39.